The van der Waals surface area contributed by atoms with Crippen LogP contribution in [0.25, 0.3) is 6.08 Å². The predicted molar refractivity (Wildman–Crippen MR) is 101 cm³/mol. The van der Waals surface area contributed by atoms with E-state index in [1.54, 1.807) is 18.2 Å². The summed E-state index contributed by atoms with van der Waals surface area (Å²) >= 11 is 4.21. The Hall–Kier alpha value is -2.00. The number of hydrogen-bond donors (Lipinski definition) is 0. The molecule has 7 nitrogen and oxygen atoms in total. The van der Waals surface area contributed by atoms with Crippen LogP contribution in [-0.2, 0) is 14.3 Å². The highest BCUT2D eigenvalue weighted by atomic mass is 79.9. The fraction of sp³-hybridized carbons (Fsp3) is 0.353. The van der Waals surface area contributed by atoms with Crippen LogP contribution >= 0.6 is 27.7 Å². The molecule has 0 aliphatic carbocycles. The van der Waals surface area contributed by atoms with Crippen LogP contribution in [0.2, 0.25) is 0 Å². The van der Waals surface area contributed by atoms with E-state index in [1.165, 1.54) is 7.11 Å². The van der Waals surface area contributed by atoms with Crippen molar-refractivity contribution in [3.8, 4) is 11.5 Å². The number of halogens is 1. The molecule has 9 heteroatoms. The average molecular weight is 444 g/mol. The van der Waals surface area contributed by atoms with E-state index >= 15 is 0 Å². The molecule has 2 rings (SSSR count). The zero-order chi connectivity index (χ0) is 19.3. The van der Waals surface area contributed by atoms with E-state index < -0.39 is 23.7 Å². The maximum absolute atomic E-state index is 12.4. The number of thioether (sulfide) groups is 1. The number of nitrogens with zero attached hydrogens (tertiary/aromatic N) is 1. The normalized spacial score (nSPS) is 15.5. The maximum atomic E-state index is 12.4. The van der Waals surface area contributed by atoms with E-state index in [0.717, 1.165) is 16.7 Å². The van der Waals surface area contributed by atoms with E-state index in [2.05, 4.69) is 20.7 Å². The Morgan fingerprint density at radius 3 is 2.54 bits per heavy atom. The largest absolute Gasteiger partial charge is 0.490 e. The molecule has 0 radical (unpaired) electrons. The van der Waals surface area contributed by atoms with Crippen molar-refractivity contribution in [3.63, 3.8) is 0 Å². The lowest BCUT2D eigenvalue weighted by molar-refractivity contribution is -0.143. The molecule has 1 aromatic rings. The molecule has 0 atom stereocenters. The van der Waals surface area contributed by atoms with Gasteiger partial charge < -0.3 is 14.2 Å². The van der Waals surface area contributed by atoms with Gasteiger partial charge in [0.25, 0.3) is 11.1 Å². The van der Waals surface area contributed by atoms with E-state index in [4.69, 9.17) is 9.47 Å². The molecule has 1 aromatic carbocycles. The zero-order valence-electron chi connectivity index (χ0n) is 14.5. The molecule has 140 valence electrons. The van der Waals surface area contributed by atoms with Crippen molar-refractivity contribution < 1.29 is 28.6 Å². The van der Waals surface area contributed by atoms with Gasteiger partial charge >= 0.3 is 5.97 Å². The molecule has 0 spiro atoms. The van der Waals surface area contributed by atoms with Crippen molar-refractivity contribution in [2.45, 2.75) is 13.8 Å². The molecule has 0 bridgehead atoms. The van der Waals surface area contributed by atoms with Gasteiger partial charge in [-0.1, -0.05) is 0 Å². The van der Waals surface area contributed by atoms with Gasteiger partial charge in [0.2, 0.25) is 0 Å². The molecular formula is C17H18BrNO6S. The fourth-order valence-corrected chi connectivity index (χ4v) is 3.61. The van der Waals surface area contributed by atoms with Crippen LogP contribution in [0.4, 0.5) is 4.79 Å². The van der Waals surface area contributed by atoms with Gasteiger partial charge in [0.15, 0.2) is 11.5 Å². The number of benzene rings is 1. The van der Waals surface area contributed by atoms with Crippen molar-refractivity contribution in [1.29, 1.82) is 0 Å². The maximum Gasteiger partial charge on any atom is 0.325 e. The second-order valence-corrected chi connectivity index (χ2v) is 6.89. The van der Waals surface area contributed by atoms with Gasteiger partial charge in [-0.3, -0.25) is 19.3 Å². The van der Waals surface area contributed by atoms with Gasteiger partial charge in [-0.2, -0.15) is 0 Å². The van der Waals surface area contributed by atoms with Crippen molar-refractivity contribution in [1.82, 2.24) is 4.90 Å². The van der Waals surface area contributed by atoms with Gasteiger partial charge in [0.1, 0.15) is 6.54 Å². The molecule has 26 heavy (non-hydrogen) atoms. The molecule has 0 unspecified atom stereocenters. The lowest BCUT2D eigenvalue weighted by Crippen LogP contribution is -2.34. The Labute approximate surface area is 163 Å². The van der Waals surface area contributed by atoms with Crippen LogP contribution in [0, 0.1) is 0 Å². The third kappa shape index (κ3) is 4.59. The summed E-state index contributed by atoms with van der Waals surface area (Å²) in [6.07, 6.45) is 1.57. The highest BCUT2D eigenvalue weighted by Crippen LogP contribution is 2.39. The van der Waals surface area contributed by atoms with Crippen molar-refractivity contribution in [3.05, 3.63) is 27.1 Å². The topological polar surface area (TPSA) is 82.1 Å². The quantitative estimate of drug-likeness (QED) is 0.471. The van der Waals surface area contributed by atoms with Crippen molar-refractivity contribution in [2.24, 2.45) is 0 Å². The van der Waals surface area contributed by atoms with E-state index in [9.17, 15) is 14.4 Å². The smallest absolute Gasteiger partial charge is 0.325 e. The summed E-state index contributed by atoms with van der Waals surface area (Å²) in [5.41, 5.74) is 0.660. The van der Waals surface area contributed by atoms with E-state index in [-0.39, 0.29) is 4.91 Å². The molecule has 1 fully saturated rings. The van der Waals surface area contributed by atoms with Crippen LogP contribution in [0.5, 0.6) is 11.5 Å². The molecule has 0 aromatic heterocycles. The highest BCUT2D eigenvalue weighted by Gasteiger charge is 2.36. The number of methoxy groups -OCH3 is 1. The number of ether oxygens (including phenoxy) is 3. The third-order valence-electron chi connectivity index (χ3n) is 3.31. The summed E-state index contributed by atoms with van der Waals surface area (Å²) in [6.45, 7) is 4.24. The minimum atomic E-state index is -0.656. The molecule has 0 saturated carbocycles. The third-order valence-corrected chi connectivity index (χ3v) is 4.80. The number of hydrogen-bond acceptors (Lipinski definition) is 7. The van der Waals surface area contributed by atoms with Crippen LogP contribution in [0.1, 0.15) is 19.4 Å². The number of amides is 2. The van der Waals surface area contributed by atoms with Gasteiger partial charge in [-0.05, 0) is 65.3 Å². The lowest BCUT2D eigenvalue weighted by Gasteiger charge is -2.13. The Kier molecular flexibility index (Phi) is 7.10. The number of imide groups is 1. The van der Waals surface area contributed by atoms with Gasteiger partial charge in [-0.15, -0.1) is 0 Å². The number of carbonyl (C=O) groups is 3. The van der Waals surface area contributed by atoms with Crippen molar-refractivity contribution in [2.75, 3.05) is 26.9 Å². The predicted octanol–water partition coefficient (Wildman–Crippen LogP) is 3.46. The summed E-state index contributed by atoms with van der Waals surface area (Å²) in [7, 11) is 1.20. The summed E-state index contributed by atoms with van der Waals surface area (Å²) in [5.74, 6) is -0.0848. The second kappa shape index (κ2) is 9.09. The Bertz CT molecular complexity index is 764. The first-order chi connectivity index (χ1) is 12.4. The Balaban J connectivity index is 2.33. The number of esters is 1. The highest BCUT2D eigenvalue weighted by molar-refractivity contribution is 9.10. The van der Waals surface area contributed by atoms with E-state index in [1.807, 2.05) is 13.8 Å². The van der Waals surface area contributed by atoms with Crippen molar-refractivity contribution >= 4 is 50.9 Å². The minimum Gasteiger partial charge on any atom is -0.490 e. The molecule has 1 heterocycles. The first kappa shape index (κ1) is 20.3. The monoisotopic (exact) mass is 443 g/mol. The molecular weight excluding hydrogens is 426 g/mol. The Morgan fingerprint density at radius 2 is 1.92 bits per heavy atom. The van der Waals surface area contributed by atoms with Gasteiger partial charge in [-0.25, -0.2) is 0 Å². The summed E-state index contributed by atoms with van der Waals surface area (Å²) in [5, 5.41) is -0.512. The molecule has 1 aliphatic heterocycles. The number of rotatable bonds is 7. The SMILES string of the molecule is CCOc1cc(C=C2SC(=O)N(CC(=O)OC)C2=O)cc(Br)c1OCC. The van der Waals surface area contributed by atoms with Crippen LogP contribution in [0.3, 0.4) is 0 Å². The first-order valence-electron chi connectivity index (χ1n) is 7.82. The second-order valence-electron chi connectivity index (χ2n) is 5.04. The van der Waals surface area contributed by atoms with Crippen LogP contribution in [0.15, 0.2) is 21.5 Å². The molecule has 1 aliphatic rings. The van der Waals surface area contributed by atoms with Gasteiger partial charge in [0.05, 0.1) is 29.7 Å². The Morgan fingerprint density at radius 1 is 1.23 bits per heavy atom. The summed E-state index contributed by atoms with van der Waals surface area (Å²) in [6, 6.07) is 3.50. The van der Waals surface area contributed by atoms with Gasteiger partial charge in [0, 0.05) is 0 Å². The average Bonchev–Trinajstić information content (AvgIpc) is 2.85. The molecule has 1 saturated heterocycles. The standard InChI is InChI=1S/C17H18BrNO6S/c1-4-24-12-7-10(6-11(18)15(12)25-5-2)8-13-16(21)19(17(22)26-13)9-14(20)23-3/h6-8H,4-5,9H2,1-3H3. The zero-order valence-corrected chi connectivity index (χ0v) is 16.9. The molecule has 0 N–H and O–H groups in total. The summed E-state index contributed by atoms with van der Waals surface area (Å²) in [4.78, 5) is 36.8. The summed E-state index contributed by atoms with van der Waals surface area (Å²) < 4.78 is 16.4. The molecule has 2 amide bonds. The fourth-order valence-electron chi connectivity index (χ4n) is 2.20. The van der Waals surface area contributed by atoms with E-state index in [0.29, 0.717) is 34.7 Å². The first-order valence-corrected chi connectivity index (χ1v) is 9.43. The van der Waals surface area contributed by atoms with Crippen LogP contribution in [-0.4, -0.2) is 48.9 Å². The lowest BCUT2D eigenvalue weighted by atomic mass is 10.2. The number of carbonyl (C=O) groups excluding carboxylic acids is 3. The van der Waals surface area contributed by atoms with Crippen LogP contribution < -0.4 is 9.47 Å². The minimum absolute atomic E-state index is 0.220.